The molecule has 5 heteroatoms. The van der Waals surface area contributed by atoms with E-state index in [1.165, 1.54) is 32.4 Å². The SMILES string of the molecule is COC(=O)c1ccc(C(=O)OC)c(Oc2ccc(C)cc2)c1. The molecule has 0 N–H and O–H groups in total. The van der Waals surface area contributed by atoms with Crippen LogP contribution in [0.3, 0.4) is 0 Å². The molecule has 2 aromatic rings. The summed E-state index contributed by atoms with van der Waals surface area (Å²) in [5.74, 6) is -0.264. The van der Waals surface area contributed by atoms with Gasteiger partial charge in [-0.1, -0.05) is 17.7 Å². The molecule has 0 unspecified atom stereocenters. The van der Waals surface area contributed by atoms with Gasteiger partial charge in [0.1, 0.15) is 17.1 Å². The van der Waals surface area contributed by atoms with E-state index in [4.69, 9.17) is 9.47 Å². The van der Waals surface area contributed by atoms with Crippen LogP contribution in [0.25, 0.3) is 0 Å². The highest BCUT2D eigenvalue weighted by atomic mass is 16.5. The average Bonchev–Trinajstić information content (AvgIpc) is 2.55. The van der Waals surface area contributed by atoms with E-state index in [0.29, 0.717) is 5.75 Å². The van der Waals surface area contributed by atoms with E-state index in [0.717, 1.165) is 5.56 Å². The lowest BCUT2D eigenvalue weighted by molar-refractivity contribution is 0.0584. The summed E-state index contributed by atoms with van der Waals surface area (Å²) in [5, 5.41) is 0. The van der Waals surface area contributed by atoms with Crippen molar-refractivity contribution in [2.45, 2.75) is 6.92 Å². The van der Waals surface area contributed by atoms with Crippen LogP contribution in [0.15, 0.2) is 42.5 Å². The number of ether oxygens (including phenoxy) is 3. The zero-order valence-corrected chi connectivity index (χ0v) is 12.6. The Morgan fingerprint density at radius 2 is 1.50 bits per heavy atom. The smallest absolute Gasteiger partial charge is 0.341 e. The predicted octanol–water partition coefficient (Wildman–Crippen LogP) is 3.36. The maximum absolute atomic E-state index is 11.8. The second-order valence-corrected chi connectivity index (χ2v) is 4.61. The summed E-state index contributed by atoms with van der Waals surface area (Å²) >= 11 is 0. The third-order valence-electron chi connectivity index (χ3n) is 3.06. The first-order valence-electron chi connectivity index (χ1n) is 6.60. The van der Waals surface area contributed by atoms with Gasteiger partial charge in [0, 0.05) is 0 Å². The Bertz CT molecular complexity index is 689. The summed E-state index contributed by atoms with van der Waals surface area (Å²) < 4.78 is 15.1. The maximum atomic E-state index is 11.8. The monoisotopic (exact) mass is 300 g/mol. The second kappa shape index (κ2) is 6.76. The van der Waals surface area contributed by atoms with Crippen molar-refractivity contribution in [3.8, 4) is 11.5 Å². The summed E-state index contributed by atoms with van der Waals surface area (Å²) in [4.78, 5) is 23.4. The lowest BCUT2D eigenvalue weighted by Crippen LogP contribution is -2.07. The first-order chi connectivity index (χ1) is 10.5. The second-order valence-electron chi connectivity index (χ2n) is 4.61. The van der Waals surface area contributed by atoms with Crippen LogP contribution < -0.4 is 4.74 Å². The Labute approximate surface area is 128 Å². The Morgan fingerprint density at radius 3 is 2.09 bits per heavy atom. The van der Waals surface area contributed by atoms with Crippen molar-refractivity contribution < 1.29 is 23.8 Å². The van der Waals surface area contributed by atoms with Gasteiger partial charge in [0.25, 0.3) is 0 Å². The number of aryl methyl sites for hydroxylation is 1. The molecule has 114 valence electrons. The molecule has 0 fully saturated rings. The van der Waals surface area contributed by atoms with E-state index in [1.54, 1.807) is 12.1 Å². The summed E-state index contributed by atoms with van der Waals surface area (Å²) in [5.41, 5.74) is 1.61. The van der Waals surface area contributed by atoms with Crippen LogP contribution in [0.4, 0.5) is 0 Å². The lowest BCUT2D eigenvalue weighted by atomic mass is 10.1. The van der Waals surface area contributed by atoms with E-state index in [9.17, 15) is 9.59 Å². The molecule has 5 nitrogen and oxygen atoms in total. The van der Waals surface area contributed by atoms with Crippen molar-refractivity contribution in [2.75, 3.05) is 14.2 Å². The molecule has 0 radical (unpaired) electrons. The highest BCUT2D eigenvalue weighted by Gasteiger charge is 2.17. The predicted molar refractivity (Wildman–Crippen MR) is 80.4 cm³/mol. The van der Waals surface area contributed by atoms with Crippen molar-refractivity contribution in [1.82, 2.24) is 0 Å². The maximum Gasteiger partial charge on any atom is 0.341 e. The highest BCUT2D eigenvalue weighted by molar-refractivity contribution is 5.96. The van der Waals surface area contributed by atoms with Crippen molar-refractivity contribution in [3.05, 3.63) is 59.2 Å². The molecule has 0 spiro atoms. The van der Waals surface area contributed by atoms with Crippen LogP contribution in [0.2, 0.25) is 0 Å². The molecule has 22 heavy (non-hydrogen) atoms. The minimum absolute atomic E-state index is 0.232. The van der Waals surface area contributed by atoms with Crippen LogP contribution in [-0.4, -0.2) is 26.2 Å². The Hall–Kier alpha value is -2.82. The number of rotatable bonds is 4. The summed E-state index contributed by atoms with van der Waals surface area (Å²) in [6.45, 7) is 1.96. The molecule has 2 aromatic carbocycles. The summed E-state index contributed by atoms with van der Waals surface area (Å²) in [7, 11) is 2.57. The molecule has 2 rings (SSSR count). The van der Waals surface area contributed by atoms with Crippen LogP contribution in [0, 0.1) is 6.92 Å². The standard InChI is InChI=1S/C17H16O5/c1-11-4-7-13(8-5-11)22-15-10-12(16(18)20-2)6-9-14(15)17(19)21-3/h4-10H,1-3H3. The van der Waals surface area contributed by atoms with Crippen LogP contribution in [-0.2, 0) is 9.47 Å². The minimum Gasteiger partial charge on any atom is -0.465 e. The van der Waals surface area contributed by atoms with Crippen LogP contribution >= 0.6 is 0 Å². The van der Waals surface area contributed by atoms with Gasteiger partial charge in [0.2, 0.25) is 0 Å². The van der Waals surface area contributed by atoms with Crippen molar-refractivity contribution in [1.29, 1.82) is 0 Å². The molecule has 0 amide bonds. The van der Waals surface area contributed by atoms with E-state index in [-0.39, 0.29) is 16.9 Å². The molecule has 0 aliphatic heterocycles. The van der Waals surface area contributed by atoms with Crippen molar-refractivity contribution in [3.63, 3.8) is 0 Å². The molecule has 0 heterocycles. The zero-order valence-electron chi connectivity index (χ0n) is 12.6. The first-order valence-corrected chi connectivity index (χ1v) is 6.60. The molecular weight excluding hydrogens is 284 g/mol. The topological polar surface area (TPSA) is 61.8 Å². The number of benzene rings is 2. The largest absolute Gasteiger partial charge is 0.465 e. The number of carbonyl (C=O) groups excluding carboxylic acids is 2. The van der Waals surface area contributed by atoms with E-state index < -0.39 is 11.9 Å². The Balaban J connectivity index is 2.42. The van der Waals surface area contributed by atoms with Gasteiger partial charge in [-0.05, 0) is 37.3 Å². The molecule has 0 saturated heterocycles. The van der Waals surface area contributed by atoms with E-state index in [1.807, 2.05) is 19.1 Å². The third kappa shape index (κ3) is 3.44. The quantitative estimate of drug-likeness (QED) is 0.810. The molecule has 0 bridgehead atoms. The number of methoxy groups -OCH3 is 2. The number of esters is 2. The van der Waals surface area contributed by atoms with Gasteiger partial charge in [-0.15, -0.1) is 0 Å². The number of hydrogen-bond donors (Lipinski definition) is 0. The molecular formula is C17H16O5. The summed E-state index contributed by atoms with van der Waals surface area (Å²) in [6.07, 6.45) is 0. The third-order valence-corrected chi connectivity index (χ3v) is 3.06. The van der Waals surface area contributed by atoms with Gasteiger partial charge in [-0.3, -0.25) is 0 Å². The van der Waals surface area contributed by atoms with E-state index in [2.05, 4.69) is 4.74 Å². The molecule has 0 aliphatic rings. The van der Waals surface area contributed by atoms with Gasteiger partial charge in [0.15, 0.2) is 0 Å². The fourth-order valence-electron chi connectivity index (χ4n) is 1.86. The Kier molecular flexibility index (Phi) is 4.78. The zero-order chi connectivity index (χ0) is 16.1. The molecule has 0 aliphatic carbocycles. The van der Waals surface area contributed by atoms with Crippen molar-refractivity contribution >= 4 is 11.9 Å². The van der Waals surface area contributed by atoms with Crippen LogP contribution in [0.1, 0.15) is 26.3 Å². The highest BCUT2D eigenvalue weighted by Crippen LogP contribution is 2.27. The number of carbonyl (C=O) groups is 2. The molecule has 0 aromatic heterocycles. The van der Waals surface area contributed by atoms with Crippen molar-refractivity contribution in [2.24, 2.45) is 0 Å². The fourth-order valence-corrected chi connectivity index (χ4v) is 1.86. The minimum atomic E-state index is -0.543. The molecule has 0 atom stereocenters. The Morgan fingerprint density at radius 1 is 0.864 bits per heavy atom. The van der Waals surface area contributed by atoms with Gasteiger partial charge in [-0.2, -0.15) is 0 Å². The van der Waals surface area contributed by atoms with Gasteiger partial charge < -0.3 is 14.2 Å². The van der Waals surface area contributed by atoms with Gasteiger partial charge in [-0.25, -0.2) is 9.59 Å². The van der Waals surface area contributed by atoms with Gasteiger partial charge >= 0.3 is 11.9 Å². The van der Waals surface area contributed by atoms with Crippen LogP contribution in [0.5, 0.6) is 11.5 Å². The normalized spacial score (nSPS) is 9.95. The molecule has 0 saturated carbocycles. The fraction of sp³-hybridized carbons (Fsp3) is 0.176. The number of hydrogen-bond acceptors (Lipinski definition) is 5. The summed E-state index contributed by atoms with van der Waals surface area (Å²) in [6, 6.07) is 11.7. The lowest BCUT2D eigenvalue weighted by Gasteiger charge is -2.11. The first kappa shape index (κ1) is 15.6. The average molecular weight is 300 g/mol. The van der Waals surface area contributed by atoms with Gasteiger partial charge in [0.05, 0.1) is 19.8 Å². The van der Waals surface area contributed by atoms with E-state index >= 15 is 0 Å².